The lowest BCUT2D eigenvalue weighted by Gasteiger charge is -2.12. The number of carboxylic acid groups (broad SMARTS) is 1. The number of nitrogens with one attached hydrogen (secondary N) is 1. The first-order chi connectivity index (χ1) is 16.1. The summed E-state index contributed by atoms with van der Waals surface area (Å²) in [6.45, 7) is 2.79. The van der Waals surface area contributed by atoms with Crippen molar-refractivity contribution in [2.24, 2.45) is 0 Å². The van der Waals surface area contributed by atoms with Crippen LogP contribution in [0.1, 0.15) is 31.2 Å². The van der Waals surface area contributed by atoms with Crippen LogP contribution >= 0.6 is 0 Å². The van der Waals surface area contributed by atoms with Crippen LogP contribution in [-0.4, -0.2) is 27.2 Å². The summed E-state index contributed by atoms with van der Waals surface area (Å²) < 4.78 is 7.11. The van der Waals surface area contributed by atoms with Crippen molar-refractivity contribution in [3.8, 4) is 16.9 Å². The summed E-state index contributed by atoms with van der Waals surface area (Å²) >= 11 is 0. The molecule has 2 N–H and O–H groups in total. The first-order valence-corrected chi connectivity index (χ1v) is 10.9. The molecule has 0 aliphatic heterocycles. The molecular formula is C26H25N3O4. The maximum Gasteiger partial charge on any atom is 0.511 e. The van der Waals surface area contributed by atoms with Crippen molar-refractivity contribution in [1.82, 2.24) is 9.55 Å². The highest BCUT2D eigenvalue weighted by Crippen LogP contribution is 2.30. The van der Waals surface area contributed by atoms with Gasteiger partial charge in [0.2, 0.25) is 6.41 Å². The summed E-state index contributed by atoms with van der Waals surface area (Å²) in [6.07, 6.45) is 2.33. The van der Waals surface area contributed by atoms with Crippen molar-refractivity contribution in [3.05, 3.63) is 78.1 Å². The fraction of sp³-hybridized carbons (Fsp3) is 0.192. The van der Waals surface area contributed by atoms with Crippen molar-refractivity contribution in [3.63, 3.8) is 0 Å². The van der Waals surface area contributed by atoms with Crippen molar-refractivity contribution in [1.29, 1.82) is 0 Å². The molecule has 7 heteroatoms. The summed E-state index contributed by atoms with van der Waals surface area (Å²) in [5.74, 6) is 1.31. The van der Waals surface area contributed by atoms with E-state index in [4.69, 9.17) is 14.8 Å². The Labute approximate surface area is 191 Å². The van der Waals surface area contributed by atoms with Crippen molar-refractivity contribution in [2.75, 3.05) is 5.32 Å². The number of fused-ring (bicyclic) bond motifs is 1. The zero-order valence-electron chi connectivity index (χ0n) is 18.3. The Morgan fingerprint density at radius 1 is 1.12 bits per heavy atom. The van der Waals surface area contributed by atoms with E-state index in [0.29, 0.717) is 24.3 Å². The van der Waals surface area contributed by atoms with Crippen molar-refractivity contribution in [2.45, 2.75) is 32.7 Å². The van der Waals surface area contributed by atoms with Crippen LogP contribution in [0.25, 0.3) is 22.2 Å². The quantitative estimate of drug-likeness (QED) is 0.196. The maximum atomic E-state index is 11.0. The third-order valence-electron chi connectivity index (χ3n) is 5.50. The van der Waals surface area contributed by atoms with Crippen LogP contribution < -0.4 is 10.1 Å². The number of nitrogens with zero attached hydrogens (tertiary/aromatic N) is 2. The largest absolute Gasteiger partial charge is 0.511 e. The van der Waals surface area contributed by atoms with Gasteiger partial charge in [-0.2, -0.15) is 0 Å². The Morgan fingerprint density at radius 3 is 2.64 bits per heavy atom. The number of carbonyl (C=O) groups excluding carboxylic acids is 1. The van der Waals surface area contributed by atoms with Crippen LogP contribution in [0, 0.1) is 0 Å². The third-order valence-corrected chi connectivity index (χ3v) is 5.50. The lowest BCUT2D eigenvalue weighted by atomic mass is 10.0. The number of hydrogen-bond acceptors (Lipinski definition) is 4. The number of anilines is 1. The molecule has 1 amide bonds. The molecule has 1 aromatic heterocycles. The normalized spacial score (nSPS) is 10.8. The Morgan fingerprint density at radius 2 is 1.91 bits per heavy atom. The minimum Gasteiger partial charge on any atom is -0.449 e. The highest BCUT2D eigenvalue weighted by atomic mass is 16.7. The average molecular weight is 444 g/mol. The van der Waals surface area contributed by atoms with E-state index in [9.17, 15) is 9.59 Å². The summed E-state index contributed by atoms with van der Waals surface area (Å²) in [5.41, 5.74) is 5.26. The molecule has 0 saturated heterocycles. The summed E-state index contributed by atoms with van der Waals surface area (Å²) in [6, 6.07) is 20.8. The van der Waals surface area contributed by atoms with Crippen LogP contribution in [0.4, 0.5) is 10.5 Å². The molecule has 168 valence electrons. The maximum absolute atomic E-state index is 11.0. The van der Waals surface area contributed by atoms with Gasteiger partial charge in [0.25, 0.3) is 0 Å². The van der Waals surface area contributed by atoms with E-state index < -0.39 is 6.16 Å². The number of aryl methyl sites for hydroxylation is 1. The molecule has 0 bridgehead atoms. The van der Waals surface area contributed by atoms with Crippen LogP contribution in [0.2, 0.25) is 0 Å². The molecule has 0 spiro atoms. The molecule has 0 atom stereocenters. The van der Waals surface area contributed by atoms with Gasteiger partial charge in [0.1, 0.15) is 11.6 Å². The SMILES string of the molecule is CCCCc1nc2ccc(NC=O)cc2n1Cc1ccc(-c2ccccc2OC(=O)O)cc1. The average Bonchev–Trinajstić information content (AvgIpc) is 3.15. The van der Waals surface area contributed by atoms with E-state index in [1.807, 2.05) is 54.6 Å². The molecule has 3 aromatic carbocycles. The van der Waals surface area contributed by atoms with E-state index in [-0.39, 0.29) is 0 Å². The minimum atomic E-state index is -1.34. The molecule has 1 heterocycles. The number of amides is 1. The number of aromatic nitrogens is 2. The van der Waals surface area contributed by atoms with E-state index in [1.54, 1.807) is 12.1 Å². The fourth-order valence-electron chi connectivity index (χ4n) is 3.89. The summed E-state index contributed by atoms with van der Waals surface area (Å²) in [5, 5.41) is 11.7. The number of ether oxygens (including phenoxy) is 1. The molecule has 0 aliphatic rings. The van der Waals surface area contributed by atoms with Gasteiger partial charge in [-0.05, 0) is 41.8 Å². The van der Waals surface area contributed by atoms with Gasteiger partial charge in [0.15, 0.2) is 0 Å². The lowest BCUT2D eigenvalue weighted by Crippen LogP contribution is -2.06. The number of unbranched alkanes of at least 4 members (excludes halogenated alkanes) is 1. The van der Waals surface area contributed by atoms with Crippen molar-refractivity contribution >= 4 is 29.3 Å². The molecule has 0 radical (unpaired) electrons. The molecule has 0 saturated carbocycles. The molecular weight excluding hydrogens is 418 g/mol. The Hall–Kier alpha value is -4.13. The first kappa shape index (κ1) is 22.1. The van der Waals surface area contributed by atoms with Gasteiger partial charge >= 0.3 is 6.16 Å². The summed E-state index contributed by atoms with van der Waals surface area (Å²) in [4.78, 5) is 26.7. The molecule has 0 fully saturated rings. The smallest absolute Gasteiger partial charge is 0.449 e. The number of benzene rings is 3. The zero-order valence-corrected chi connectivity index (χ0v) is 18.3. The van der Waals surface area contributed by atoms with Crippen LogP contribution in [0.15, 0.2) is 66.7 Å². The topological polar surface area (TPSA) is 93.5 Å². The Balaban J connectivity index is 1.66. The molecule has 4 aromatic rings. The predicted molar refractivity (Wildman–Crippen MR) is 128 cm³/mol. The van der Waals surface area contributed by atoms with Gasteiger partial charge in [-0.3, -0.25) is 4.79 Å². The third kappa shape index (κ3) is 5.03. The molecule has 33 heavy (non-hydrogen) atoms. The van der Waals surface area contributed by atoms with Gasteiger partial charge in [-0.25, -0.2) is 9.78 Å². The highest BCUT2D eigenvalue weighted by molar-refractivity contribution is 5.84. The number of carbonyl (C=O) groups is 2. The molecule has 7 nitrogen and oxygen atoms in total. The van der Waals surface area contributed by atoms with E-state index in [1.165, 1.54) is 0 Å². The molecule has 0 aliphatic carbocycles. The molecule has 4 rings (SSSR count). The standard InChI is InChI=1S/C26H25N3O4/c1-2-3-8-25-28-22-14-13-20(27-17-30)15-23(22)29(25)16-18-9-11-19(12-10-18)21-6-4-5-7-24(21)33-26(31)32/h4-7,9-15,17H,2-3,8,16H2,1H3,(H,27,30)(H,31,32). The Bertz CT molecular complexity index is 1280. The van der Waals surface area contributed by atoms with Crippen LogP contribution in [0.5, 0.6) is 5.75 Å². The monoisotopic (exact) mass is 443 g/mol. The first-order valence-electron chi connectivity index (χ1n) is 10.9. The van der Waals surface area contributed by atoms with E-state index in [2.05, 4.69) is 16.8 Å². The number of imidazole rings is 1. The lowest BCUT2D eigenvalue weighted by molar-refractivity contribution is -0.105. The van der Waals surface area contributed by atoms with Crippen LogP contribution in [0.3, 0.4) is 0 Å². The predicted octanol–water partition coefficient (Wildman–Crippen LogP) is 5.72. The zero-order chi connectivity index (χ0) is 23.2. The summed E-state index contributed by atoms with van der Waals surface area (Å²) in [7, 11) is 0. The fourth-order valence-corrected chi connectivity index (χ4v) is 3.89. The second-order valence-corrected chi connectivity index (χ2v) is 7.74. The second-order valence-electron chi connectivity index (χ2n) is 7.74. The van der Waals surface area contributed by atoms with E-state index >= 15 is 0 Å². The minimum absolute atomic E-state index is 0.301. The number of rotatable bonds is 9. The van der Waals surface area contributed by atoms with Crippen LogP contribution in [-0.2, 0) is 17.8 Å². The Kier molecular flexibility index (Phi) is 6.69. The van der Waals surface area contributed by atoms with Gasteiger partial charge < -0.3 is 19.7 Å². The second kappa shape index (κ2) is 9.99. The van der Waals surface area contributed by atoms with E-state index in [0.717, 1.165) is 52.9 Å². The van der Waals surface area contributed by atoms with Crippen molar-refractivity contribution < 1.29 is 19.4 Å². The number of para-hydroxylation sites is 1. The van der Waals surface area contributed by atoms with Gasteiger partial charge in [0, 0.05) is 24.2 Å². The highest BCUT2D eigenvalue weighted by Gasteiger charge is 2.13. The van der Waals surface area contributed by atoms with Gasteiger partial charge in [-0.15, -0.1) is 0 Å². The number of hydrogen-bond donors (Lipinski definition) is 2. The molecule has 0 unspecified atom stereocenters. The van der Waals surface area contributed by atoms with Gasteiger partial charge in [0.05, 0.1) is 11.0 Å². The van der Waals surface area contributed by atoms with Gasteiger partial charge in [-0.1, -0.05) is 55.8 Å².